The molecule has 2 aromatic carbocycles. The fourth-order valence-corrected chi connectivity index (χ4v) is 1.96. The molecule has 1 N–H and O–H groups in total. The molecule has 0 spiro atoms. The molecule has 0 radical (unpaired) electrons. The van der Waals surface area contributed by atoms with Gasteiger partial charge in [-0.15, -0.1) is 5.56 Å². The maximum absolute atomic E-state index is 8.52. The number of aliphatic hydroxyl groups excluding tert-OH is 1. The van der Waals surface area contributed by atoms with Crippen LogP contribution in [0.5, 0.6) is 0 Å². The minimum atomic E-state index is 0.120. The standard InChI is InChI=1S/C10H21.C7H7O.C6H4.2Co.2O/c1-3-5-7-9-10-8-6-4-2;8-6-7-4-2-1-3-5-7;1-2-4-6-5-3-1;;;;/h1,3-10H2,2H3;2-5,8H,6H2;1-2,5-6H;;;;/q2*-1;-2;;;;. The molecular formula is C23H32Co2O3-4. The Morgan fingerprint density at radius 2 is 1.14 bits per heavy atom. The van der Waals surface area contributed by atoms with E-state index in [1.807, 2.05) is 36.4 Å². The minimum Gasteiger partial charge on any atom is -0.319 e. The summed E-state index contributed by atoms with van der Waals surface area (Å²) in [7, 11) is 0. The second-order valence-corrected chi connectivity index (χ2v) is 5.54. The molecule has 0 saturated heterocycles. The zero-order valence-corrected chi connectivity index (χ0v) is 18.7. The summed E-state index contributed by atoms with van der Waals surface area (Å²) < 4.78 is 15.9. The molecule has 0 aromatic heterocycles. The van der Waals surface area contributed by atoms with Crippen molar-refractivity contribution in [1.29, 1.82) is 0 Å². The topological polar surface area (TPSA) is 54.4 Å². The Labute approximate surface area is 187 Å². The first-order chi connectivity index (χ1) is 13.8. The van der Waals surface area contributed by atoms with Crippen LogP contribution in [-0.4, -0.2) is 5.11 Å². The van der Waals surface area contributed by atoms with E-state index in [9.17, 15) is 0 Å². The number of hydrogen-bond acceptors (Lipinski definition) is 3. The van der Waals surface area contributed by atoms with Gasteiger partial charge in [0.15, 0.2) is 0 Å². The Morgan fingerprint density at radius 3 is 1.46 bits per heavy atom. The van der Waals surface area contributed by atoms with Crippen molar-refractivity contribution < 1.29 is 44.2 Å². The predicted molar refractivity (Wildman–Crippen MR) is 105 cm³/mol. The van der Waals surface area contributed by atoms with Crippen LogP contribution < -0.4 is 0 Å². The molecular weight excluding hydrogens is 442 g/mol. The monoisotopic (exact) mass is 474 g/mol. The normalized spacial score (nSPS) is 8.32. The van der Waals surface area contributed by atoms with E-state index in [1.165, 1.54) is 44.9 Å². The van der Waals surface area contributed by atoms with Crippen LogP contribution in [0.1, 0.15) is 63.9 Å². The summed E-state index contributed by atoms with van der Waals surface area (Å²) in [6.07, 6.45) is 10.9. The largest absolute Gasteiger partial charge is 0.319 e. The van der Waals surface area contributed by atoms with Crippen molar-refractivity contribution in [2.24, 2.45) is 0 Å². The Balaban J connectivity index is -0.000000312. The van der Waals surface area contributed by atoms with E-state index in [2.05, 4.69) is 63.4 Å². The van der Waals surface area contributed by atoms with E-state index in [4.69, 9.17) is 12.8 Å². The Bertz CT molecular complexity index is 433. The third kappa shape index (κ3) is 29.8. The molecule has 0 atom stereocenters. The number of rotatable bonds is 8. The molecule has 0 aliphatic carbocycles. The molecule has 0 aliphatic heterocycles. The Morgan fingerprint density at radius 1 is 0.750 bits per heavy atom. The molecule has 0 bridgehead atoms. The van der Waals surface area contributed by atoms with Gasteiger partial charge in [-0.3, -0.25) is 24.3 Å². The van der Waals surface area contributed by atoms with Gasteiger partial charge < -0.3 is 24.2 Å². The molecule has 28 heavy (non-hydrogen) atoms. The van der Waals surface area contributed by atoms with Crippen LogP contribution in [0.2, 0.25) is 0 Å². The molecule has 5 heteroatoms. The zero-order valence-electron chi connectivity index (χ0n) is 16.6. The molecule has 0 amide bonds. The van der Waals surface area contributed by atoms with Crippen LogP contribution in [0, 0.1) is 25.1 Å². The summed E-state index contributed by atoms with van der Waals surface area (Å²) in [5.41, 5.74) is 0.934. The van der Waals surface area contributed by atoms with Crippen LogP contribution in [0.15, 0.2) is 48.5 Å². The Kier molecular flexibility index (Phi) is 38.0. The molecule has 0 heterocycles. The third-order valence-electron chi connectivity index (χ3n) is 3.37. The third-order valence-corrected chi connectivity index (χ3v) is 3.37. The maximum Gasteiger partial charge on any atom is -0.288 e. The van der Waals surface area contributed by atoms with Gasteiger partial charge in [0, 0.05) is 6.61 Å². The first-order valence-corrected chi connectivity index (χ1v) is 10.1. The molecule has 164 valence electrons. The minimum absolute atomic E-state index is 0.120. The SMILES string of the molecule is OCc1cc[c-]cc1.[CH2-]CCCCCCCCC.[O]=[Co].[O]=[Co].[c-]1cc[c-]cc1. The first-order valence-electron chi connectivity index (χ1n) is 9.29. The summed E-state index contributed by atoms with van der Waals surface area (Å²) >= 11 is 4.62. The van der Waals surface area contributed by atoms with E-state index in [0.29, 0.717) is 0 Å². The smallest absolute Gasteiger partial charge is 0.288 e. The van der Waals surface area contributed by atoms with Gasteiger partial charge in [0.2, 0.25) is 0 Å². The molecule has 2 rings (SSSR count). The summed E-state index contributed by atoms with van der Waals surface area (Å²) in [5, 5.41) is 8.52. The zero-order chi connectivity index (χ0) is 21.7. The van der Waals surface area contributed by atoms with Gasteiger partial charge in [-0.25, -0.2) is 0 Å². The van der Waals surface area contributed by atoms with Crippen LogP contribution in [0.25, 0.3) is 0 Å². The Hall–Kier alpha value is -0.987. The van der Waals surface area contributed by atoms with Crippen molar-refractivity contribution >= 4 is 0 Å². The van der Waals surface area contributed by atoms with Gasteiger partial charge >= 0.3 is 39.1 Å². The average Bonchev–Trinajstić information content (AvgIpc) is 2.81. The van der Waals surface area contributed by atoms with Crippen LogP contribution >= 0.6 is 0 Å². The summed E-state index contributed by atoms with van der Waals surface area (Å²) in [6.45, 7) is 6.20. The van der Waals surface area contributed by atoms with Crippen molar-refractivity contribution in [2.75, 3.05) is 0 Å². The van der Waals surface area contributed by atoms with Gasteiger partial charge in [-0.2, -0.15) is 36.8 Å². The van der Waals surface area contributed by atoms with Crippen molar-refractivity contribution in [3.8, 4) is 0 Å². The fraction of sp³-hybridized carbons (Fsp3) is 0.435. The average molecular weight is 474 g/mol. The van der Waals surface area contributed by atoms with E-state index >= 15 is 0 Å². The summed E-state index contributed by atoms with van der Waals surface area (Å²) in [5.74, 6) is 0. The van der Waals surface area contributed by atoms with Crippen molar-refractivity contribution in [2.45, 2.75) is 64.9 Å². The van der Waals surface area contributed by atoms with Gasteiger partial charge in [0.1, 0.15) is 0 Å². The molecule has 3 nitrogen and oxygen atoms in total. The molecule has 0 aliphatic rings. The fourth-order valence-electron chi connectivity index (χ4n) is 1.96. The molecule has 0 unspecified atom stereocenters. The number of aliphatic hydroxyl groups is 1. The summed E-state index contributed by atoms with van der Waals surface area (Å²) in [4.78, 5) is 0. The molecule has 2 aromatic rings. The molecule has 0 fully saturated rings. The van der Waals surface area contributed by atoms with Gasteiger partial charge in [0.05, 0.1) is 0 Å². The summed E-state index contributed by atoms with van der Waals surface area (Å²) in [6, 6.07) is 23.1. The van der Waals surface area contributed by atoms with Crippen LogP contribution in [0.4, 0.5) is 0 Å². The van der Waals surface area contributed by atoms with Crippen molar-refractivity contribution in [3.05, 3.63) is 79.2 Å². The van der Waals surface area contributed by atoms with Crippen molar-refractivity contribution in [1.82, 2.24) is 0 Å². The van der Waals surface area contributed by atoms with Gasteiger partial charge in [-0.1, -0.05) is 51.9 Å². The number of unbranched alkanes of at least 4 members (excludes halogenated alkanes) is 7. The van der Waals surface area contributed by atoms with E-state index in [1.54, 1.807) is 12.1 Å². The maximum atomic E-state index is 8.52. The van der Waals surface area contributed by atoms with Gasteiger partial charge in [-0.05, 0) is 0 Å². The number of benzene rings is 2. The van der Waals surface area contributed by atoms with E-state index in [-0.39, 0.29) is 6.61 Å². The van der Waals surface area contributed by atoms with E-state index < -0.39 is 0 Å². The quantitative estimate of drug-likeness (QED) is 0.378. The second kappa shape index (κ2) is 33.6. The second-order valence-electron chi connectivity index (χ2n) is 5.54. The molecule has 0 saturated carbocycles. The van der Waals surface area contributed by atoms with Crippen LogP contribution in [-0.2, 0) is 45.7 Å². The first kappa shape index (κ1) is 31.7. The number of hydrogen-bond donors (Lipinski definition) is 1. The van der Waals surface area contributed by atoms with E-state index in [0.717, 1.165) is 12.0 Å². The van der Waals surface area contributed by atoms with Crippen molar-refractivity contribution in [3.63, 3.8) is 0 Å². The predicted octanol–water partition coefficient (Wildman–Crippen LogP) is 5.98. The van der Waals surface area contributed by atoms with Crippen LogP contribution in [0.3, 0.4) is 0 Å². The van der Waals surface area contributed by atoms with Gasteiger partial charge in [0.25, 0.3) is 0 Å².